The van der Waals surface area contributed by atoms with Crippen LogP contribution >= 0.6 is 11.8 Å². The first-order valence-corrected chi connectivity index (χ1v) is 12.5. The number of anilines is 3. The molecule has 1 aromatic carbocycles. The van der Waals surface area contributed by atoms with Gasteiger partial charge in [-0.05, 0) is 42.8 Å². The summed E-state index contributed by atoms with van der Waals surface area (Å²) in [7, 11) is 0. The Morgan fingerprint density at radius 1 is 1.03 bits per heavy atom. The fraction of sp³-hybridized carbons (Fsp3) is 0.346. The van der Waals surface area contributed by atoms with Crippen LogP contribution in [-0.4, -0.2) is 62.4 Å². The summed E-state index contributed by atoms with van der Waals surface area (Å²) in [6.07, 6.45) is 1.13. The zero-order valence-electron chi connectivity index (χ0n) is 18.8. The van der Waals surface area contributed by atoms with Gasteiger partial charge in [-0.1, -0.05) is 37.1 Å². The number of nitrogens with zero attached hydrogens (tertiary/aromatic N) is 4. The van der Waals surface area contributed by atoms with Crippen molar-refractivity contribution in [3.8, 4) is 0 Å². The van der Waals surface area contributed by atoms with Gasteiger partial charge in [0.2, 0.25) is 0 Å². The second-order valence-corrected chi connectivity index (χ2v) is 9.77. The number of morpholine rings is 1. The standard InChI is InChI=1S/C26H29N5OS/c1-18-20-8-9-23(30-12-5-10-27-11-13-30)28-25(20)31-21-6-3-4-7-22(21)33-26(31)24(18)19(2)29-14-16-32-17-15-29/h3-4,6-9,27H,1-2,5,10-17H2. The number of benzene rings is 1. The lowest BCUT2D eigenvalue weighted by atomic mass is 9.94. The van der Waals surface area contributed by atoms with Crippen LogP contribution in [0.25, 0.3) is 5.57 Å². The van der Waals surface area contributed by atoms with Gasteiger partial charge in [0.05, 0.1) is 23.9 Å². The highest BCUT2D eigenvalue weighted by Gasteiger charge is 2.38. The Balaban J connectivity index is 1.47. The highest BCUT2D eigenvalue weighted by Crippen LogP contribution is 2.57. The monoisotopic (exact) mass is 459 g/mol. The molecule has 6 rings (SSSR count). The number of pyridine rings is 1. The van der Waals surface area contributed by atoms with Crippen LogP contribution in [0.3, 0.4) is 0 Å². The van der Waals surface area contributed by atoms with Crippen molar-refractivity contribution in [2.75, 3.05) is 62.3 Å². The van der Waals surface area contributed by atoms with Crippen molar-refractivity contribution >= 4 is 34.7 Å². The molecule has 0 amide bonds. The predicted octanol–water partition coefficient (Wildman–Crippen LogP) is 4.21. The molecule has 2 fully saturated rings. The van der Waals surface area contributed by atoms with Gasteiger partial charge in [0.25, 0.3) is 0 Å². The molecule has 0 bridgehead atoms. The summed E-state index contributed by atoms with van der Waals surface area (Å²) in [5.74, 6) is 2.01. The van der Waals surface area contributed by atoms with E-state index in [1.807, 2.05) is 0 Å². The highest BCUT2D eigenvalue weighted by atomic mass is 32.2. The van der Waals surface area contributed by atoms with E-state index in [1.165, 1.54) is 10.6 Å². The van der Waals surface area contributed by atoms with Crippen molar-refractivity contribution in [1.82, 2.24) is 15.2 Å². The van der Waals surface area contributed by atoms with Crippen molar-refractivity contribution < 1.29 is 4.74 Å². The molecule has 0 unspecified atom stereocenters. The minimum Gasteiger partial charge on any atom is -0.378 e. The number of para-hydroxylation sites is 1. The summed E-state index contributed by atoms with van der Waals surface area (Å²) in [6.45, 7) is 16.3. The first-order valence-electron chi connectivity index (χ1n) is 11.7. The van der Waals surface area contributed by atoms with E-state index in [0.717, 1.165) is 98.0 Å². The van der Waals surface area contributed by atoms with Crippen molar-refractivity contribution in [2.45, 2.75) is 11.3 Å². The van der Waals surface area contributed by atoms with Crippen LogP contribution in [0.5, 0.6) is 0 Å². The van der Waals surface area contributed by atoms with Gasteiger partial charge in [-0.15, -0.1) is 0 Å². The zero-order chi connectivity index (χ0) is 22.4. The fourth-order valence-corrected chi connectivity index (χ4v) is 6.25. The fourth-order valence-electron chi connectivity index (χ4n) is 5.01. The highest BCUT2D eigenvalue weighted by molar-refractivity contribution is 8.03. The summed E-state index contributed by atoms with van der Waals surface area (Å²) in [5, 5.41) is 4.65. The molecule has 170 valence electrons. The Kier molecular flexibility index (Phi) is 5.40. The average molecular weight is 460 g/mol. The van der Waals surface area contributed by atoms with E-state index in [0.29, 0.717) is 0 Å². The van der Waals surface area contributed by atoms with Crippen molar-refractivity contribution in [1.29, 1.82) is 0 Å². The summed E-state index contributed by atoms with van der Waals surface area (Å²) in [5.41, 5.74) is 5.42. The van der Waals surface area contributed by atoms with Crippen LogP contribution in [0.1, 0.15) is 12.0 Å². The van der Waals surface area contributed by atoms with E-state index in [1.54, 1.807) is 11.8 Å². The number of thioether (sulfide) groups is 1. The third kappa shape index (κ3) is 3.55. The van der Waals surface area contributed by atoms with E-state index < -0.39 is 0 Å². The Morgan fingerprint density at radius 3 is 2.76 bits per heavy atom. The normalized spacial score (nSPS) is 20.4. The summed E-state index contributed by atoms with van der Waals surface area (Å²) in [4.78, 5) is 13.5. The number of aromatic nitrogens is 1. The molecule has 33 heavy (non-hydrogen) atoms. The smallest absolute Gasteiger partial charge is 0.148 e. The van der Waals surface area contributed by atoms with Gasteiger partial charge in [-0.2, -0.15) is 0 Å². The van der Waals surface area contributed by atoms with Gasteiger partial charge >= 0.3 is 0 Å². The second kappa shape index (κ2) is 8.56. The maximum atomic E-state index is 5.58. The molecule has 1 aromatic heterocycles. The Morgan fingerprint density at radius 2 is 1.88 bits per heavy atom. The van der Waals surface area contributed by atoms with Crippen molar-refractivity contribution in [3.05, 3.63) is 71.4 Å². The molecule has 0 atom stereocenters. The SMILES string of the molecule is C=C1C(C(=C)N2CCOCC2)=C2Sc3ccccc3N2c2nc(N3CCCNCC3)ccc21. The first-order chi connectivity index (χ1) is 16.2. The van der Waals surface area contributed by atoms with Gasteiger partial charge in [-0.3, -0.25) is 4.90 Å². The zero-order valence-corrected chi connectivity index (χ0v) is 19.7. The molecular formula is C26H29N5OS. The number of hydrogen-bond acceptors (Lipinski definition) is 7. The molecule has 7 heteroatoms. The molecule has 2 saturated heterocycles. The number of fused-ring (bicyclic) bond motifs is 5. The largest absolute Gasteiger partial charge is 0.378 e. The van der Waals surface area contributed by atoms with Crippen LogP contribution in [0.2, 0.25) is 0 Å². The van der Waals surface area contributed by atoms with Gasteiger partial charge in [-0.25, -0.2) is 4.98 Å². The maximum Gasteiger partial charge on any atom is 0.148 e. The second-order valence-electron chi connectivity index (χ2n) is 8.74. The van der Waals surface area contributed by atoms with E-state index >= 15 is 0 Å². The van der Waals surface area contributed by atoms with E-state index in [4.69, 9.17) is 9.72 Å². The molecule has 1 N–H and O–H groups in total. The van der Waals surface area contributed by atoms with Gasteiger partial charge in [0.1, 0.15) is 11.6 Å². The van der Waals surface area contributed by atoms with E-state index in [2.05, 4.69) is 69.6 Å². The predicted molar refractivity (Wildman–Crippen MR) is 136 cm³/mol. The molecule has 2 aromatic rings. The Hall–Kier alpha value is -2.74. The van der Waals surface area contributed by atoms with Gasteiger partial charge in [0.15, 0.2) is 0 Å². The van der Waals surface area contributed by atoms with Crippen LogP contribution in [0.4, 0.5) is 17.3 Å². The van der Waals surface area contributed by atoms with Crippen LogP contribution in [0.15, 0.2) is 70.8 Å². The Bertz CT molecular complexity index is 1150. The van der Waals surface area contributed by atoms with E-state index in [-0.39, 0.29) is 0 Å². The Labute approximate surface area is 199 Å². The minimum atomic E-state index is 0.734. The molecule has 0 saturated carbocycles. The molecular weight excluding hydrogens is 430 g/mol. The number of rotatable bonds is 3. The lowest BCUT2D eigenvalue weighted by Gasteiger charge is -2.37. The lowest BCUT2D eigenvalue weighted by molar-refractivity contribution is 0.0552. The van der Waals surface area contributed by atoms with Crippen LogP contribution in [0, 0.1) is 0 Å². The van der Waals surface area contributed by atoms with E-state index in [9.17, 15) is 0 Å². The molecule has 4 aliphatic rings. The van der Waals surface area contributed by atoms with Crippen molar-refractivity contribution in [3.63, 3.8) is 0 Å². The number of allylic oxidation sites excluding steroid dienone is 1. The van der Waals surface area contributed by atoms with Crippen LogP contribution in [-0.2, 0) is 4.74 Å². The lowest BCUT2D eigenvalue weighted by Crippen LogP contribution is -2.37. The third-order valence-electron chi connectivity index (χ3n) is 6.77. The van der Waals surface area contributed by atoms with Crippen molar-refractivity contribution in [2.24, 2.45) is 0 Å². The molecule has 0 spiro atoms. The molecule has 6 nitrogen and oxygen atoms in total. The molecule has 0 radical (unpaired) electrons. The van der Waals surface area contributed by atoms with Gasteiger partial charge in [0, 0.05) is 54.5 Å². The minimum absolute atomic E-state index is 0.734. The summed E-state index contributed by atoms with van der Waals surface area (Å²) >= 11 is 1.80. The quantitative estimate of drug-likeness (QED) is 0.738. The maximum absolute atomic E-state index is 5.58. The number of nitrogens with one attached hydrogen (secondary N) is 1. The molecule has 0 aliphatic carbocycles. The molecule has 4 aliphatic heterocycles. The topological polar surface area (TPSA) is 43.9 Å². The summed E-state index contributed by atoms with van der Waals surface area (Å²) < 4.78 is 5.58. The molecule has 5 heterocycles. The average Bonchev–Trinajstić information content (AvgIpc) is 3.03. The number of ether oxygens (including phenoxy) is 1. The number of hydrogen-bond donors (Lipinski definition) is 1. The first kappa shape index (κ1) is 20.8. The van der Waals surface area contributed by atoms with Gasteiger partial charge < -0.3 is 19.9 Å². The summed E-state index contributed by atoms with van der Waals surface area (Å²) in [6, 6.07) is 12.9. The third-order valence-corrected chi connectivity index (χ3v) is 7.92. The van der Waals surface area contributed by atoms with Crippen LogP contribution < -0.4 is 15.1 Å².